The van der Waals surface area contributed by atoms with E-state index in [9.17, 15) is 4.79 Å². The molecule has 2 saturated carbocycles. The van der Waals surface area contributed by atoms with Crippen molar-refractivity contribution < 1.29 is 9.53 Å². The molecule has 2 nitrogen and oxygen atoms in total. The summed E-state index contributed by atoms with van der Waals surface area (Å²) >= 11 is 0. The van der Waals surface area contributed by atoms with Gasteiger partial charge < -0.3 is 4.74 Å². The van der Waals surface area contributed by atoms with E-state index in [1.165, 1.54) is 6.42 Å². The van der Waals surface area contributed by atoms with E-state index in [0.29, 0.717) is 41.7 Å². The molecule has 6 atom stereocenters. The summed E-state index contributed by atoms with van der Waals surface area (Å²) in [7, 11) is 0. The number of epoxide rings is 1. The SMILES string of the molecule is O=C1C=CC2C3CC(C4OC34)C12. The van der Waals surface area contributed by atoms with E-state index in [-0.39, 0.29) is 0 Å². The van der Waals surface area contributed by atoms with Crippen LogP contribution in [0.1, 0.15) is 6.42 Å². The second kappa shape index (κ2) is 1.53. The lowest BCUT2D eigenvalue weighted by molar-refractivity contribution is -0.119. The van der Waals surface area contributed by atoms with E-state index in [1.807, 2.05) is 0 Å². The number of fused-ring (bicyclic) bond motifs is 8. The van der Waals surface area contributed by atoms with Crippen LogP contribution in [0.3, 0.4) is 0 Å². The number of hydrogen-bond donors (Lipinski definition) is 0. The van der Waals surface area contributed by atoms with E-state index < -0.39 is 0 Å². The van der Waals surface area contributed by atoms with Gasteiger partial charge in [-0.1, -0.05) is 6.08 Å². The maximum absolute atomic E-state index is 11.5. The summed E-state index contributed by atoms with van der Waals surface area (Å²) in [6.45, 7) is 0. The lowest BCUT2D eigenvalue weighted by Gasteiger charge is -2.19. The number of allylic oxidation sites excluding steroid dienone is 2. The first kappa shape index (κ1) is 5.92. The zero-order valence-electron chi connectivity index (χ0n) is 6.64. The normalized spacial score (nSPS) is 63.8. The van der Waals surface area contributed by atoms with Gasteiger partial charge in [0.1, 0.15) is 0 Å². The quantitative estimate of drug-likeness (QED) is 0.492. The van der Waals surface area contributed by atoms with E-state index >= 15 is 0 Å². The molecule has 0 radical (unpaired) electrons. The monoisotopic (exact) mass is 162 g/mol. The zero-order valence-corrected chi connectivity index (χ0v) is 6.64. The molecule has 0 spiro atoms. The maximum atomic E-state index is 11.5. The molecule has 2 heteroatoms. The second-order valence-corrected chi connectivity index (χ2v) is 4.49. The molecule has 0 aromatic rings. The van der Waals surface area contributed by atoms with Gasteiger partial charge in [-0.2, -0.15) is 0 Å². The van der Waals surface area contributed by atoms with Crippen LogP contribution in [0.2, 0.25) is 0 Å². The zero-order chi connectivity index (χ0) is 7.87. The molecule has 2 bridgehead atoms. The largest absolute Gasteiger partial charge is 0.369 e. The molecule has 3 aliphatic carbocycles. The van der Waals surface area contributed by atoms with Crippen molar-refractivity contribution in [3.63, 3.8) is 0 Å². The van der Waals surface area contributed by atoms with Crippen molar-refractivity contribution in [1.82, 2.24) is 0 Å². The van der Waals surface area contributed by atoms with E-state index in [4.69, 9.17) is 4.74 Å². The molecular weight excluding hydrogens is 152 g/mol. The van der Waals surface area contributed by atoms with Crippen LogP contribution in [0.15, 0.2) is 12.2 Å². The predicted molar refractivity (Wildman–Crippen MR) is 41.4 cm³/mol. The molecule has 1 heterocycles. The molecular formula is C10H10O2. The molecule has 1 saturated heterocycles. The molecule has 6 unspecified atom stereocenters. The van der Waals surface area contributed by atoms with Crippen molar-refractivity contribution in [2.75, 3.05) is 0 Å². The molecule has 0 amide bonds. The van der Waals surface area contributed by atoms with Gasteiger partial charge in [0.15, 0.2) is 5.78 Å². The van der Waals surface area contributed by atoms with Crippen molar-refractivity contribution in [2.24, 2.45) is 23.7 Å². The van der Waals surface area contributed by atoms with Crippen LogP contribution in [-0.2, 0) is 9.53 Å². The number of carbonyl (C=O) groups is 1. The molecule has 3 fully saturated rings. The predicted octanol–water partition coefficient (Wildman–Crippen LogP) is 0.775. The molecule has 4 aliphatic rings. The van der Waals surface area contributed by atoms with Gasteiger partial charge in [-0.05, 0) is 30.3 Å². The fraction of sp³-hybridized carbons (Fsp3) is 0.700. The minimum absolute atomic E-state index is 0.318. The van der Waals surface area contributed by atoms with Crippen LogP contribution in [0.25, 0.3) is 0 Å². The summed E-state index contributed by atoms with van der Waals surface area (Å²) < 4.78 is 5.54. The second-order valence-electron chi connectivity index (χ2n) is 4.49. The third kappa shape index (κ3) is 0.446. The average molecular weight is 162 g/mol. The van der Waals surface area contributed by atoms with Crippen LogP contribution in [0, 0.1) is 23.7 Å². The summed E-state index contributed by atoms with van der Waals surface area (Å²) in [4.78, 5) is 11.5. The van der Waals surface area contributed by atoms with Gasteiger partial charge in [-0.15, -0.1) is 0 Å². The fourth-order valence-electron chi connectivity index (χ4n) is 3.67. The minimum atomic E-state index is 0.318. The highest BCUT2D eigenvalue weighted by Gasteiger charge is 2.68. The van der Waals surface area contributed by atoms with Crippen LogP contribution in [-0.4, -0.2) is 18.0 Å². The Labute approximate surface area is 70.6 Å². The summed E-state index contributed by atoms with van der Waals surface area (Å²) in [5.74, 6) is 2.49. The molecule has 12 heavy (non-hydrogen) atoms. The van der Waals surface area contributed by atoms with E-state index in [2.05, 4.69) is 6.08 Å². The number of hydrogen-bond acceptors (Lipinski definition) is 2. The first-order valence-electron chi connectivity index (χ1n) is 4.74. The smallest absolute Gasteiger partial charge is 0.159 e. The Hall–Kier alpha value is -0.630. The summed E-state index contributed by atoms with van der Waals surface area (Å²) in [6.07, 6.45) is 6.17. The Morgan fingerprint density at radius 3 is 3.08 bits per heavy atom. The summed E-state index contributed by atoms with van der Waals surface area (Å²) in [6, 6.07) is 0. The van der Waals surface area contributed by atoms with Crippen molar-refractivity contribution in [2.45, 2.75) is 18.6 Å². The molecule has 0 aromatic carbocycles. The van der Waals surface area contributed by atoms with Gasteiger partial charge in [0.2, 0.25) is 0 Å². The van der Waals surface area contributed by atoms with Gasteiger partial charge in [-0.3, -0.25) is 4.79 Å². The molecule has 1 aliphatic heterocycles. The number of ether oxygens (including phenoxy) is 1. The van der Waals surface area contributed by atoms with Crippen LogP contribution in [0.5, 0.6) is 0 Å². The van der Waals surface area contributed by atoms with Crippen molar-refractivity contribution in [3.8, 4) is 0 Å². The Morgan fingerprint density at radius 2 is 2.17 bits per heavy atom. The molecule has 62 valence electrons. The first-order chi connectivity index (χ1) is 5.86. The third-order valence-corrected chi connectivity index (χ3v) is 4.13. The van der Waals surface area contributed by atoms with E-state index in [1.54, 1.807) is 6.08 Å². The highest BCUT2D eigenvalue weighted by molar-refractivity contribution is 5.95. The van der Waals surface area contributed by atoms with Gasteiger partial charge in [-0.25, -0.2) is 0 Å². The lowest BCUT2D eigenvalue weighted by atomic mass is 9.81. The van der Waals surface area contributed by atoms with Crippen LogP contribution < -0.4 is 0 Å². The van der Waals surface area contributed by atoms with Crippen LogP contribution in [0.4, 0.5) is 0 Å². The third-order valence-electron chi connectivity index (χ3n) is 4.13. The van der Waals surface area contributed by atoms with Gasteiger partial charge in [0.25, 0.3) is 0 Å². The maximum Gasteiger partial charge on any atom is 0.159 e. The molecule has 4 rings (SSSR count). The number of ketones is 1. The molecule has 0 N–H and O–H groups in total. The average Bonchev–Trinajstić information content (AvgIpc) is 2.50. The summed E-state index contributed by atoms with van der Waals surface area (Å²) in [5.41, 5.74) is 0. The Kier molecular flexibility index (Phi) is 0.756. The van der Waals surface area contributed by atoms with Crippen LogP contribution >= 0.6 is 0 Å². The highest BCUT2D eigenvalue weighted by Crippen LogP contribution is 2.63. The van der Waals surface area contributed by atoms with Gasteiger partial charge >= 0.3 is 0 Å². The number of rotatable bonds is 0. The fourth-order valence-corrected chi connectivity index (χ4v) is 3.67. The summed E-state index contributed by atoms with van der Waals surface area (Å²) in [5, 5.41) is 0. The standard InChI is InChI=1S/C10H10O2/c11-7-2-1-4-5-3-6(8(4)7)10-9(5)12-10/h1-2,4-6,8-10H,3H2. The number of carbonyl (C=O) groups excluding carboxylic acids is 1. The first-order valence-corrected chi connectivity index (χ1v) is 4.74. The Balaban J connectivity index is 1.84. The van der Waals surface area contributed by atoms with Crippen molar-refractivity contribution in [3.05, 3.63) is 12.2 Å². The Morgan fingerprint density at radius 1 is 1.33 bits per heavy atom. The lowest BCUT2D eigenvalue weighted by Crippen LogP contribution is -2.27. The van der Waals surface area contributed by atoms with Gasteiger partial charge in [0.05, 0.1) is 12.2 Å². The van der Waals surface area contributed by atoms with E-state index in [0.717, 1.165) is 0 Å². The topological polar surface area (TPSA) is 29.6 Å². The highest BCUT2D eigenvalue weighted by atomic mass is 16.6. The molecule has 0 aromatic heterocycles. The van der Waals surface area contributed by atoms with Crippen molar-refractivity contribution >= 4 is 5.78 Å². The minimum Gasteiger partial charge on any atom is -0.369 e. The van der Waals surface area contributed by atoms with Crippen molar-refractivity contribution in [1.29, 1.82) is 0 Å². The van der Waals surface area contributed by atoms with Gasteiger partial charge in [0, 0.05) is 5.92 Å². The Bertz CT molecular complexity index is 307.